The molecule has 3 aromatic rings. The number of nitrogens with zero attached hydrogens (tertiary/aromatic N) is 2. The summed E-state index contributed by atoms with van der Waals surface area (Å²) >= 11 is 9.46. The van der Waals surface area contributed by atoms with Gasteiger partial charge in [-0.15, -0.1) is 0 Å². The number of benzene rings is 2. The fourth-order valence-corrected chi connectivity index (χ4v) is 4.54. The predicted molar refractivity (Wildman–Crippen MR) is 106 cm³/mol. The van der Waals surface area contributed by atoms with Crippen LogP contribution in [0.25, 0.3) is 5.69 Å². The van der Waals surface area contributed by atoms with Crippen molar-refractivity contribution in [1.29, 1.82) is 0 Å². The van der Waals surface area contributed by atoms with Crippen LogP contribution in [0.5, 0.6) is 0 Å². The van der Waals surface area contributed by atoms with E-state index in [1.165, 1.54) is 0 Å². The van der Waals surface area contributed by atoms with Crippen LogP contribution in [0.3, 0.4) is 0 Å². The normalized spacial score (nSPS) is 15.7. The van der Waals surface area contributed by atoms with Crippen molar-refractivity contribution >= 4 is 50.1 Å². The van der Waals surface area contributed by atoms with E-state index in [0.717, 1.165) is 21.4 Å². The van der Waals surface area contributed by atoms with Crippen LogP contribution in [-0.4, -0.2) is 19.9 Å². The Hall–Kier alpha value is -1.96. The number of anilines is 1. The van der Waals surface area contributed by atoms with E-state index in [-0.39, 0.29) is 5.91 Å². The lowest BCUT2D eigenvalue weighted by atomic mass is 10.2. The number of hydrogen-bond acceptors (Lipinski definition) is 3. The van der Waals surface area contributed by atoms with E-state index in [4.69, 9.17) is 11.6 Å². The van der Waals surface area contributed by atoms with Crippen molar-refractivity contribution in [1.82, 2.24) is 9.78 Å². The molecule has 1 atom stereocenters. The van der Waals surface area contributed by atoms with Gasteiger partial charge in [-0.2, -0.15) is 5.10 Å². The van der Waals surface area contributed by atoms with E-state index in [1.54, 1.807) is 28.9 Å². The van der Waals surface area contributed by atoms with Crippen LogP contribution < -0.4 is 5.32 Å². The summed E-state index contributed by atoms with van der Waals surface area (Å²) in [4.78, 5) is 12.7. The summed E-state index contributed by atoms with van der Waals surface area (Å²) in [5.41, 5.74) is 2.83. The smallest absolute Gasteiger partial charge is 0.256 e. The second-order valence-electron chi connectivity index (χ2n) is 5.86. The first-order valence-corrected chi connectivity index (χ1v) is 10.5. The molecule has 0 aliphatic carbocycles. The van der Waals surface area contributed by atoms with Crippen LogP contribution >= 0.6 is 27.5 Å². The fraction of sp³-hybridized carbons (Fsp3) is 0.111. The lowest BCUT2D eigenvalue weighted by molar-refractivity contribution is 0.102. The van der Waals surface area contributed by atoms with Gasteiger partial charge in [-0.25, -0.2) is 4.68 Å². The molecule has 0 radical (unpaired) electrons. The van der Waals surface area contributed by atoms with Crippen molar-refractivity contribution in [2.45, 2.75) is 11.5 Å². The number of amides is 1. The van der Waals surface area contributed by atoms with Gasteiger partial charge in [0.1, 0.15) is 5.82 Å². The molecule has 2 aromatic carbocycles. The second kappa shape index (κ2) is 6.98. The SMILES string of the molecule is O=C(Nc1c2c(nn1-c1cccc(Cl)c1)C[S@](=O)C2)c1ccc(Br)cc1. The molecule has 132 valence electrons. The largest absolute Gasteiger partial charge is 0.306 e. The number of halogens is 2. The highest BCUT2D eigenvalue weighted by Crippen LogP contribution is 2.32. The zero-order chi connectivity index (χ0) is 18.3. The fourth-order valence-electron chi connectivity index (χ4n) is 2.83. The number of hydrogen-bond donors (Lipinski definition) is 1. The topological polar surface area (TPSA) is 64.0 Å². The van der Waals surface area contributed by atoms with Gasteiger partial charge in [-0.1, -0.05) is 33.6 Å². The standard InChI is InChI=1S/C18H13BrClN3O2S/c19-12-6-4-11(5-7-12)18(24)21-17-15-9-26(25)10-16(15)22-23(17)14-3-1-2-13(20)8-14/h1-8H,9-10H2,(H,21,24)/t26-/m1/s1. The molecule has 0 bridgehead atoms. The summed E-state index contributed by atoms with van der Waals surface area (Å²) in [6, 6.07) is 14.3. The van der Waals surface area contributed by atoms with Crippen LogP contribution in [0.1, 0.15) is 21.6 Å². The Morgan fingerprint density at radius 3 is 2.69 bits per heavy atom. The molecule has 4 rings (SSSR count). The van der Waals surface area contributed by atoms with Crippen LogP contribution in [0, 0.1) is 0 Å². The summed E-state index contributed by atoms with van der Waals surface area (Å²) in [7, 11) is -0.989. The van der Waals surface area contributed by atoms with Crippen LogP contribution in [0.15, 0.2) is 53.0 Å². The summed E-state index contributed by atoms with van der Waals surface area (Å²) in [5, 5.41) is 8.07. The van der Waals surface area contributed by atoms with E-state index in [9.17, 15) is 9.00 Å². The van der Waals surface area contributed by atoms with E-state index in [2.05, 4.69) is 26.3 Å². The third kappa shape index (κ3) is 3.34. The highest BCUT2D eigenvalue weighted by molar-refractivity contribution is 9.10. The first-order valence-electron chi connectivity index (χ1n) is 7.80. The van der Waals surface area contributed by atoms with Gasteiger partial charge in [0.05, 0.1) is 22.9 Å². The number of nitrogens with one attached hydrogen (secondary N) is 1. The third-order valence-corrected chi connectivity index (χ3v) is 6.03. The predicted octanol–water partition coefficient (Wildman–Crippen LogP) is 4.30. The summed E-state index contributed by atoms with van der Waals surface area (Å²) in [6.07, 6.45) is 0. The summed E-state index contributed by atoms with van der Waals surface area (Å²) in [6.45, 7) is 0. The number of fused-ring (bicyclic) bond motifs is 1. The lowest BCUT2D eigenvalue weighted by Gasteiger charge is -2.11. The maximum atomic E-state index is 12.7. The number of rotatable bonds is 3. The molecule has 2 heterocycles. The quantitative estimate of drug-likeness (QED) is 0.647. The molecule has 0 saturated heterocycles. The van der Waals surface area contributed by atoms with Crippen molar-refractivity contribution in [3.8, 4) is 5.69 Å². The van der Waals surface area contributed by atoms with Gasteiger partial charge in [0, 0.05) is 31.4 Å². The lowest BCUT2D eigenvalue weighted by Crippen LogP contribution is -2.16. The van der Waals surface area contributed by atoms with Crippen molar-refractivity contribution < 1.29 is 9.00 Å². The first-order chi connectivity index (χ1) is 12.5. The molecule has 1 N–H and O–H groups in total. The van der Waals surface area contributed by atoms with E-state index < -0.39 is 10.8 Å². The Labute approximate surface area is 165 Å². The maximum absolute atomic E-state index is 12.7. The minimum atomic E-state index is -0.989. The molecular weight excluding hydrogens is 438 g/mol. The number of carbonyl (C=O) groups excluding carboxylic acids is 1. The van der Waals surface area contributed by atoms with E-state index in [0.29, 0.717) is 27.9 Å². The maximum Gasteiger partial charge on any atom is 0.256 e. The monoisotopic (exact) mass is 449 g/mol. The number of carbonyl (C=O) groups is 1. The van der Waals surface area contributed by atoms with Crippen molar-refractivity contribution in [3.63, 3.8) is 0 Å². The van der Waals surface area contributed by atoms with Gasteiger partial charge in [0.15, 0.2) is 0 Å². The van der Waals surface area contributed by atoms with E-state index >= 15 is 0 Å². The Morgan fingerprint density at radius 2 is 1.96 bits per heavy atom. The minimum absolute atomic E-state index is 0.249. The van der Waals surface area contributed by atoms with Gasteiger partial charge >= 0.3 is 0 Å². The molecule has 26 heavy (non-hydrogen) atoms. The Bertz CT molecular complexity index is 1030. The van der Waals surface area contributed by atoms with Crippen LogP contribution in [0.4, 0.5) is 5.82 Å². The average molecular weight is 451 g/mol. The highest BCUT2D eigenvalue weighted by atomic mass is 79.9. The van der Waals surface area contributed by atoms with Crippen molar-refractivity contribution in [2.24, 2.45) is 0 Å². The van der Waals surface area contributed by atoms with Gasteiger partial charge < -0.3 is 5.32 Å². The molecule has 1 aliphatic rings. The third-order valence-electron chi connectivity index (χ3n) is 4.06. The van der Waals surface area contributed by atoms with Crippen molar-refractivity contribution in [3.05, 3.63) is 74.8 Å². The van der Waals surface area contributed by atoms with Gasteiger partial charge in [-0.05, 0) is 42.5 Å². The molecule has 1 amide bonds. The van der Waals surface area contributed by atoms with Gasteiger partial charge in [0.25, 0.3) is 5.91 Å². The second-order valence-corrected chi connectivity index (χ2v) is 8.66. The molecule has 0 spiro atoms. The number of aromatic nitrogens is 2. The molecule has 0 saturated carbocycles. The van der Waals surface area contributed by atoms with Crippen LogP contribution in [0.2, 0.25) is 5.02 Å². The molecule has 0 fully saturated rings. The minimum Gasteiger partial charge on any atom is -0.306 e. The van der Waals surface area contributed by atoms with Gasteiger partial charge in [0.2, 0.25) is 0 Å². The summed E-state index contributed by atoms with van der Waals surface area (Å²) < 4.78 is 14.5. The zero-order valence-corrected chi connectivity index (χ0v) is 16.6. The van der Waals surface area contributed by atoms with Gasteiger partial charge in [-0.3, -0.25) is 9.00 Å². The molecular formula is C18H13BrClN3O2S. The summed E-state index contributed by atoms with van der Waals surface area (Å²) in [5.74, 6) is 1.07. The van der Waals surface area contributed by atoms with E-state index in [1.807, 2.05) is 24.3 Å². The zero-order valence-electron chi connectivity index (χ0n) is 13.4. The Balaban J connectivity index is 1.75. The average Bonchev–Trinajstić information content (AvgIpc) is 3.12. The highest BCUT2D eigenvalue weighted by Gasteiger charge is 2.28. The van der Waals surface area contributed by atoms with Crippen molar-refractivity contribution in [2.75, 3.05) is 5.32 Å². The Morgan fingerprint density at radius 1 is 1.19 bits per heavy atom. The molecule has 5 nitrogen and oxygen atoms in total. The molecule has 8 heteroatoms. The molecule has 1 aromatic heterocycles. The Kier molecular flexibility index (Phi) is 4.69. The first kappa shape index (κ1) is 17.5. The molecule has 1 aliphatic heterocycles. The molecule has 0 unspecified atom stereocenters. The van der Waals surface area contributed by atoms with Crippen LogP contribution in [-0.2, 0) is 22.3 Å².